The fourth-order valence-electron chi connectivity index (χ4n) is 3.82. The molecule has 5 unspecified atom stereocenters. The molecule has 0 radical (unpaired) electrons. The second-order valence-corrected chi connectivity index (χ2v) is 7.95. The van der Waals surface area contributed by atoms with E-state index < -0.39 is 55.1 Å². The van der Waals surface area contributed by atoms with Crippen molar-refractivity contribution in [1.29, 1.82) is 0 Å². The van der Waals surface area contributed by atoms with Gasteiger partial charge in [0.15, 0.2) is 6.17 Å². The second-order valence-electron chi connectivity index (χ2n) is 7.95. The van der Waals surface area contributed by atoms with Crippen molar-refractivity contribution in [2.45, 2.75) is 50.1 Å². The minimum atomic E-state index is -4.65. The predicted molar refractivity (Wildman–Crippen MR) is 115 cm³/mol. The summed E-state index contributed by atoms with van der Waals surface area (Å²) in [7, 11) is 1.47. The van der Waals surface area contributed by atoms with Crippen LogP contribution in [0.3, 0.4) is 0 Å². The van der Waals surface area contributed by atoms with Crippen LogP contribution in [0, 0.1) is 0 Å². The zero-order valence-corrected chi connectivity index (χ0v) is 19.0. The van der Waals surface area contributed by atoms with Gasteiger partial charge in [0.1, 0.15) is 36.8 Å². The van der Waals surface area contributed by atoms with Crippen LogP contribution < -0.4 is 4.74 Å². The van der Waals surface area contributed by atoms with Crippen molar-refractivity contribution in [3.8, 4) is 5.75 Å². The SMILES string of the molecule is CCOC(=O)OCC1OC(c2ccc(C(F)(F)F)c(Cc3ccc(OC)cc3)c2)C(O)C(O)C1F. The van der Waals surface area contributed by atoms with Crippen LogP contribution >= 0.6 is 0 Å². The first kappa shape index (κ1) is 26.7. The van der Waals surface area contributed by atoms with Gasteiger partial charge in [-0.1, -0.05) is 24.3 Å². The quantitative estimate of drug-likeness (QED) is 0.437. The van der Waals surface area contributed by atoms with Crippen molar-refractivity contribution >= 4 is 6.16 Å². The second kappa shape index (κ2) is 11.2. The molecule has 0 amide bonds. The molecule has 2 N–H and O–H groups in total. The number of methoxy groups -OCH3 is 1. The summed E-state index contributed by atoms with van der Waals surface area (Å²) in [4.78, 5) is 11.4. The third kappa shape index (κ3) is 6.41. The molecule has 7 nitrogen and oxygen atoms in total. The van der Waals surface area contributed by atoms with Crippen LogP contribution in [0.5, 0.6) is 5.75 Å². The summed E-state index contributed by atoms with van der Waals surface area (Å²) in [5.74, 6) is 0.545. The summed E-state index contributed by atoms with van der Waals surface area (Å²) in [5.41, 5.74) is -0.315. The highest BCUT2D eigenvalue weighted by Gasteiger charge is 2.46. The zero-order chi connectivity index (χ0) is 25.8. The van der Waals surface area contributed by atoms with Gasteiger partial charge in [0.2, 0.25) is 0 Å². The minimum Gasteiger partial charge on any atom is -0.497 e. The van der Waals surface area contributed by atoms with E-state index in [1.807, 2.05) is 0 Å². The summed E-state index contributed by atoms with van der Waals surface area (Å²) in [6.07, 6.45) is -14.5. The fourth-order valence-corrected chi connectivity index (χ4v) is 3.82. The number of halogens is 4. The van der Waals surface area contributed by atoms with Crippen molar-refractivity contribution in [3.63, 3.8) is 0 Å². The number of alkyl halides is 4. The Bertz CT molecular complexity index is 996. The van der Waals surface area contributed by atoms with Gasteiger partial charge in [-0.2, -0.15) is 13.2 Å². The molecule has 1 heterocycles. The summed E-state index contributed by atoms with van der Waals surface area (Å²) in [5, 5.41) is 20.6. The molecular weight excluding hydrogens is 476 g/mol. The molecule has 3 rings (SSSR count). The van der Waals surface area contributed by atoms with Gasteiger partial charge in [-0.3, -0.25) is 0 Å². The van der Waals surface area contributed by atoms with Crippen LogP contribution in [-0.4, -0.2) is 61.2 Å². The number of aliphatic hydroxyl groups is 2. The minimum absolute atomic E-state index is 0.0237. The molecule has 0 spiro atoms. The third-order valence-electron chi connectivity index (χ3n) is 5.61. The molecule has 11 heteroatoms. The monoisotopic (exact) mass is 502 g/mol. The van der Waals surface area contributed by atoms with E-state index in [-0.39, 0.29) is 24.2 Å². The molecule has 1 aliphatic heterocycles. The van der Waals surface area contributed by atoms with Crippen molar-refractivity contribution < 1.29 is 51.5 Å². The van der Waals surface area contributed by atoms with Gasteiger partial charge >= 0.3 is 12.3 Å². The van der Waals surface area contributed by atoms with Gasteiger partial charge in [0, 0.05) is 0 Å². The smallest absolute Gasteiger partial charge is 0.497 e. The van der Waals surface area contributed by atoms with E-state index in [0.29, 0.717) is 11.3 Å². The Morgan fingerprint density at radius 1 is 1.06 bits per heavy atom. The molecule has 1 saturated heterocycles. The average Bonchev–Trinajstić information content (AvgIpc) is 2.82. The number of carbonyl (C=O) groups is 1. The molecule has 1 fully saturated rings. The van der Waals surface area contributed by atoms with Gasteiger partial charge in [-0.05, 0) is 48.2 Å². The van der Waals surface area contributed by atoms with E-state index >= 15 is 0 Å². The van der Waals surface area contributed by atoms with Crippen molar-refractivity contribution in [2.75, 3.05) is 20.3 Å². The Labute approximate surface area is 199 Å². The molecule has 1 aliphatic rings. The Morgan fingerprint density at radius 2 is 1.74 bits per heavy atom. The lowest BCUT2D eigenvalue weighted by atomic mass is 9.89. The highest BCUT2D eigenvalue weighted by Crippen LogP contribution is 2.38. The first-order chi connectivity index (χ1) is 16.5. The number of hydrogen-bond acceptors (Lipinski definition) is 7. The Morgan fingerprint density at radius 3 is 2.34 bits per heavy atom. The maximum atomic E-state index is 14.5. The predicted octanol–water partition coefficient (Wildman–Crippen LogP) is 3.98. The van der Waals surface area contributed by atoms with Crippen LogP contribution in [0.2, 0.25) is 0 Å². The van der Waals surface area contributed by atoms with Crippen molar-refractivity contribution in [3.05, 3.63) is 64.7 Å². The molecule has 35 heavy (non-hydrogen) atoms. The maximum Gasteiger partial charge on any atom is 0.508 e. The summed E-state index contributed by atoms with van der Waals surface area (Å²) in [6, 6.07) is 9.63. The molecular formula is C24H26F4O7. The van der Waals surface area contributed by atoms with E-state index in [9.17, 15) is 32.6 Å². The lowest BCUT2D eigenvalue weighted by molar-refractivity contribution is -0.215. The maximum absolute atomic E-state index is 14.5. The van der Waals surface area contributed by atoms with E-state index in [4.69, 9.17) is 14.2 Å². The molecule has 0 aliphatic carbocycles. The molecule has 192 valence electrons. The van der Waals surface area contributed by atoms with Gasteiger partial charge in [0.05, 0.1) is 19.3 Å². The topological polar surface area (TPSA) is 94.5 Å². The fraction of sp³-hybridized carbons (Fsp3) is 0.458. The molecule has 0 saturated carbocycles. The Kier molecular flexibility index (Phi) is 8.57. The van der Waals surface area contributed by atoms with Crippen LogP contribution in [0.15, 0.2) is 42.5 Å². The highest BCUT2D eigenvalue weighted by atomic mass is 19.4. The van der Waals surface area contributed by atoms with Crippen molar-refractivity contribution in [1.82, 2.24) is 0 Å². The number of ether oxygens (including phenoxy) is 4. The molecule has 0 bridgehead atoms. The summed E-state index contributed by atoms with van der Waals surface area (Å²) < 4.78 is 75.6. The van der Waals surface area contributed by atoms with Gasteiger partial charge in [-0.15, -0.1) is 0 Å². The van der Waals surface area contributed by atoms with E-state index in [0.717, 1.165) is 12.1 Å². The standard InChI is InChI=1S/C24H26F4O7/c1-3-33-23(31)34-12-18-19(25)20(29)21(30)22(35-18)14-6-9-17(24(26,27)28)15(11-14)10-13-4-7-16(32-2)8-5-13/h4-9,11,18-22,29-30H,3,10,12H2,1-2H3. The third-order valence-corrected chi connectivity index (χ3v) is 5.61. The lowest BCUT2D eigenvalue weighted by Gasteiger charge is -2.39. The first-order valence-corrected chi connectivity index (χ1v) is 10.8. The number of aliphatic hydroxyl groups excluding tert-OH is 2. The molecule has 5 atom stereocenters. The molecule has 2 aromatic carbocycles. The number of hydrogen-bond donors (Lipinski definition) is 2. The Balaban J connectivity index is 1.89. The zero-order valence-electron chi connectivity index (χ0n) is 19.0. The van der Waals surface area contributed by atoms with E-state index in [1.54, 1.807) is 31.2 Å². The first-order valence-electron chi connectivity index (χ1n) is 10.8. The van der Waals surface area contributed by atoms with Crippen LogP contribution in [0.4, 0.5) is 22.4 Å². The van der Waals surface area contributed by atoms with Gasteiger partial charge in [-0.25, -0.2) is 9.18 Å². The van der Waals surface area contributed by atoms with Gasteiger partial charge < -0.3 is 29.2 Å². The highest BCUT2D eigenvalue weighted by molar-refractivity contribution is 5.59. The van der Waals surface area contributed by atoms with Crippen molar-refractivity contribution in [2.24, 2.45) is 0 Å². The largest absolute Gasteiger partial charge is 0.508 e. The van der Waals surface area contributed by atoms with Crippen LogP contribution in [0.25, 0.3) is 0 Å². The number of benzene rings is 2. The lowest BCUT2D eigenvalue weighted by Crippen LogP contribution is -2.53. The number of rotatable bonds is 7. The Hall–Kier alpha value is -2.89. The van der Waals surface area contributed by atoms with E-state index in [1.165, 1.54) is 13.2 Å². The van der Waals surface area contributed by atoms with Gasteiger partial charge in [0.25, 0.3) is 0 Å². The number of carbonyl (C=O) groups excluding carboxylic acids is 1. The summed E-state index contributed by atoms with van der Waals surface area (Å²) >= 11 is 0. The summed E-state index contributed by atoms with van der Waals surface area (Å²) in [6.45, 7) is 0.941. The van der Waals surface area contributed by atoms with Crippen LogP contribution in [0.1, 0.15) is 35.3 Å². The molecule has 2 aromatic rings. The normalized spacial score (nSPS) is 24.6. The average molecular weight is 502 g/mol. The molecule has 0 aromatic heterocycles. The van der Waals surface area contributed by atoms with E-state index in [2.05, 4.69) is 4.74 Å². The van der Waals surface area contributed by atoms with Crippen LogP contribution in [-0.2, 0) is 26.8 Å².